The average molecular weight is 871 g/mol. The fourth-order valence-corrected chi connectivity index (χ4v) is 12.2. The van der Waals surface area contributed by atoms with Crippen molar-refractivity contribution in [2.24, 2.45) is 0 Å². The third-order valence-electron chi connectivity index (χ3n) is 14.5. The summed E-state index contributed by atoms with van der Waals surface area (Å²) in [4.78, 5) is 5.14. The van der Waals surface area contributed by atoms with Crippen molar-refractivity contribution in [3.63, 3.8) is 0 Å². The lowest BCUT2D eigenvalue weighted by Gasteiger charge is -2.43. The average Bonchev–Trinajstić information content (AvgIpc) is 3.69. The number of fused-ring (bicyclic) bond motifs is 12. The van der Waals surface area contributed by atoms with Gasteiger partial charge in [0.1, 0.15) is 0 Å². The first-order chi connectivity index (χ1) is 31.6. The molecular formula is C62H55BN2S. The molecule has 0 unspecified atom stereocenters. The monoisotopic (exact) mass is 870 g/mol. The second-order valence-corrected chi connectivity index (χ2v) is 22.9. The minimum Gasteiger partial charge on any atom is -0.311 e. The molecule has 0 aliphatic carbocycles. The molecule has 2 aliphatic heterocycles. The summed E-state index contributed by atoms with van der Waals surface area (Å²) in [7, 11) is 0. The number of benzene rings is 9. The highest BCUT2D eigenvalue weighted by Gasteiger charge is 2.45. The zero-order valence-electron chi connectivity index (χ0n) is 39.5. The molecule has 4 heteroatoms. The molecule has 9 aromatic carbocycles. The molecule has 3 heterocycles. The molecule has 0 radical (unpaired) electrons. The molecule has 0 atom stereocenters. The van der Waals surface area contributed by atoms with Gasteiger partial charge in [0, 0.05) is 43.3 Å². The first-order valence-corrected chi connectivity index (χ1v) is 24.4. The molecule has 66 heavy (non-hydrogen) atoms. The van der Waals surface area contributed by atoms with Crippen LogP contribution < -0.4 is 25.5 Å². The summed E-state index contributed by atoms with van der Waals surface area (Å²) < 4.78 is 2.74. The minimum absolute atomic E-state index is 0.0209. The maximum Gasteiger partial charge on any atom is 0.264 e. The normalized spacial score (nSPS) is 13.7. The molecule has 0 spiro atoms. The van der Waals surface area contributed by atoms with Gasteiger partial charge in [0.15, 0.2) is 0 Å². The van der Waals surface area contributed by atoms with E-state index in [0.717, 1.165) is 5.69 Å². The second-order valence-electron chi connectivity index (χ2n) is 21.8. The van der Waals surface area contributed by atoms with Gasteiger partial charge in [-0.2, -0.15) is 0 Å². The van der Waals surface area contributed by atoms with E-state index in [-0.39, 0.29) is 23.0 Å². The Hall–Kier alpha value is -6.62. The van der Waals surface area contributed by atoms with Crippen LogP contribution in [0.3, 0.4) is 0 Å². The minimum atomic E-state index is -0.0209. The van der Waals surface area contributed by atoms with Gasteiger partial charge in [-0.05, 0) is 148 Å². The summed E-state index contributed by atoms with van der Waals surface area (Å²) in [5.74, 6) is 0. The molecular weight excluding hydrogens is 816 g/mol. The lowest BCUT2D eigenvalue weighted by atomic mass is 9.36. The van der Waals surface area contributed by atoms with E-state index < -0.39 is 0 Å². The summed E-state index contributed by atoms with van der Waals surface area (Å²) in [5, 5.41) is 9.12. The van der Waals surface area contributed by atoms with Crippen LogP contribution in [0.1, 0.15) is 79.0 Å². The highest BCUT2D eigenvalue weighted by molar-refractivity contribution is 7.33. The van der Waals surface area contributed by atoms with E-state index >= 15 is 0 Å². The van der Waals surface area contributed by atoms with Crippen LogP contribution in [0.15, 0.2) is 170 Å². The molecule has 12 rings (SSSR count). The highest BCUT2D eigenvalue weighted by atomic mass is 32.1. The summed E-state index contributed by atoms with van der Waals surface area (Å²) >= 11 is 1.98. The lowest BCUT2D eigenvalue weighted by Crippen LogP contribution is -2.60. The molecule has 2 aliphatic rings. The van der Waals surface area contributed by atoms with Gasteiger partial charge in [-0.1, -0.05) is 172 Å². The van der Waals surface area contributed by atoms with E-state index in [9.17, 15) is 0 Å². The zero-order valence-corrected chi connectivity index (χ0v) is 40.4. The Labute approximate surface area is 394 Å². The van der Waals surface area contributed by atoms with E-state index in [2.05, 4.69) is 242 Å². The summed E-state index contributed by atoms with van der Waals surface area (Å²) in [5.41, 5.74) is 16.7. The molecule has 0 amide bonds. The first kappa shape index (κ1) is 40.9. The zero-order chi connectivity index (χ0) is 45.4. The molecule has 0 saturated heterocycles. The second kappa shape index (κ2) is 14.4. The van der Waals surface area contributed by atoms with Crippen LogP contribution in [-0.2, 0) is 16.2 Å². The van der Waals surface area contributed by atoms with Crippen molar-refractivity contribution in [1.82, 2.24) is 0 Å². The molecule has 322 valence electrons. The van der Waals surface area contributed by atoms with Crippen LogP contribution in [0.4, 0.5) is 34.1 Å². The number of rotatable bonds is 3. The van der Waals surface area contributed by atoms with Gasteiger partial charge in [-0.15, -0.1) is 11.3 Å². The van der Waals surface area contributed by atoms with Gasteiger partial charge in [-0.25, -0.2) is 0 Å². The van der Waals surface area contributed by atoms with Gasteiger partial charge in [0.25, 0.3) is 6.71 Å². The Morgan fingerprint density at radius 1 is 0.379 bits per heavy atom. The first-order valence-electron chi connectivity index (χ1n) is 23.6. The van der Waals surface area contributed by atoms with Gasteiger partial charge in [-0.3, -0.25) is 0 Å². The third-order valence-corrected chi connectivity index (χ3v) is 15.7. The Bertz CT molecular complexity index is 3560. The van der Waals surface area contributed by atoms with Crippen molar-refractivity contribution in [2.45, 2.75) is 78.6 Å². The maximum absolute atomic E-state index is 2.59. The quantitative estimate of drug-likeness (QED) is 0.129. The van der Waals surface area contributed by atoms with Crippen molar-refractivity contribution in [1.29, 1.82) is 0 Å². The van der Waals surface area contributed by atoms with E-state index in [1.54, 1.807) is 0 Å². The van der Waals surface area contributed by atoms with Crippen molar-refractivity contribution < 1.29 is 0 Å². The number of anilines is 6. The van der Waals surface area contributed by atoms with Crippen LogP contribution in [0.5, 0.6) is 0 Å². The molecule has 0 fully saturated rings. The van der Waals surface area contributed by atoms with E-state index in [0.29, 0.717) is 0 Å². The van der Waals surface area contributed by atoms with Crippen molar-refractivity contribution in [3.05, 3.63) is 187 Å². The molecule has 0 saturated carbocycles. The van der Waals surface area contributed by atoms with Crippen LogP contribution in [0.2, 0.25) is 0 Å². The van der Waals surface area contributed by atoms with Crippen LogP contribution in [-0.4, -0.2) is 6.71 Å². The summed E-state index contributed by atoms with van der Waals surface area (Å²) in [6.45, 7) is 21.0. The Balaban J connectivity index is 1.06. The highest BCUT2D eigenvalue weighted by Crippen LogP contribution is 2.49. The molecule has 0 N–H and O–H groups in total. The topological polar surface area (TPSA) is 6.48 Å². The maximum atomic E-state index is 2.59. The fraction of sp³-hybridized carbons (Fsp3) is 0.194. The number of nitrogens with zero attached hydrogens (tertiary/aromatic N) is 2. The lowest BCUT2D eigenvalue weighted by molar-refractivity contribution is 0.590. The molecule has 10 aromatic rings. The largest absolute Gasteiger partial charge is 0.311 e. The smallest absolute Gasteiger partial charge is 0.264 e. The molecule has 2 nitrogen and oxygen atoms in total. The molecule has 0 bridgehead atoms. The SMILES string of the molecule is CC(C)(C)c1ccc(N2c3cccc4c3B(c3ccc(C(C)(C)C)cc3N4c3ccc(-c4ccc5c6ccccc6c6ccccc6c5c4)cc3)c3sc4ccc(C(C)(C)C)cc4c32)cc1. The van der Waals surface area contributed by atoms with Crippen LogP contribution in [0, 0.1) is 0 Å². The van der Waals surface area contributed by atoms with Crippen molar-refractivity contribution in [3.8, 4) is 11.1 Å². The summed E-state index contributed by atoms with van der Waals surface area (Å²) in [6, 6.07) is 65.0. The molecule has 1 aromatic heterocycles. The Morgan fingerprint density at radius 3 is 1.50 bits per heavy atom. The van der Waals surface area contributed by atoms with Crippen molar-refractivity contribution >= 4 is 110 Å². The Kier molecular flexibility index (Phi) is 8.94. The fourth-order valence-electron chi connectivity index (χ4n) is 10.9. The predicted molar refractivity (Wildman–Crippen MR) is 290 cm³/mol. The van der Waals surface area contributed by atoms with E-state index in [4.69, 9.17) is 0 Å². The van der Waals surface area contributed by atoms with E-state index in [1.165, 1.54) is 114 Å². The predicted octanol–water partition coefficient (Wildman–Crippen LogP) is 16.0. The van der Waals surface area contributed by atoms with Gasteiger partial charge in [0.2, 0.25) is 0 Å². The van der Waals surface area contributed by atoms with Gasteiger partial charge < -0.3 is 9.80 Å². The van der Waals surface area contributed by atoms with Crippen molar-refractivity contribution in [2.75, 3.05) is 9.80 Å². The van der Waals surface area contributed by atoms with Gasteiger partial charge in [0.05, 0.1) is 5.69 Å². The summed E-state index contributed by atoms with van der Waals surface area (Å²) in [6.07, 6.45) is 0. The Morgan fingerprint density at radius 2 is 0.879 bits per heavy atom. The number of hydrogen-bond donors (Lipinski definition) is 0. The van der Waals surface area contributed by atoms with E-state index in [1.807, 2.05) is 11.3 Å². The third kappa shape index (κ3) is 6.28. The number of thiophene rings is 1. The van der Waals surface area contributed by atoms with Crippen LogP contribution in [0.25, 0.3) is 53.5 Å². The van der Waals surface area contributed by atoms with Gasteiger partial charge >= 0.3 is 0 Å². The standard InChI is InChI=1S/C62H55BN2S/c1-60(2,3)40-24-30-44(31-25-40)65-54-20-14-19-53-57(54)63(59-58(65)51-36-41(61(4,5)6)27-34-56(51)66-59)52-33-26-42(62(7,8)9)37-55(52)64(53)43-28-21-38(22-29-43)39-23-32-49-47-17-11-10-15-45(47)46-16-12-13-18-48(46)50(49)35-39/h10-37H,1-9H3. The van der Waals surface area contributed by atoms with Crippen LogP contribution >= 0.6 is 11.3 Å². The number of hydrogen-bond acceptors (Lipinski definition) is 3.